The number of rotatable bonds is 3. The Morgan fingerprint density at radius 1 is 1.35 bits per heavy atom. The van der Waals surface area contributed by atoms with Crippen molar-refractivity contribution >= 4 is 28.4 Å². The van der Waals surface area contributed by atoms with Crippen molar-refractivity contribution in [1.29, 1.82) is 0 Å². The molecule has 0 radical (unpaired) electrons. The third-order valence-corrected chi connectivity index (χ3v) is 5.75. The smallest absolute Gasteiger partial charge is 0.238 e. The van der Waals surface area contributed by atoms with E-state index < -0.39 is 11.3 Å². The Morgan fingerprint density at radius 3 is 2.96 bits per heavy atom. The van der Waals surface area contributed by atoms with Crippen molar-refractivity contribution in [2.75, 3.05) is 11.4 Å². The van der Waals surface area contributed by atoms with E-state index in [1.165, 1.54) is 4.90 Å². The van der Waals surface area contributed by atoms with Crippen LogP contribution in [-0.2, 0) is 15.0 Å². The van der Waals surface area contributed by atoms with Gasteiger partial charge in [-0.2, -0.15) is 5.10 Å². The molecule has 2 aliphatic rings. The lowest BCUT2D eigenvalue weighted by atomic mass is 9.92. The summed E-state index contributed by atoms with van der Waals surface area (Å²) in [5.74, 6) is -0.438. The van der Waals surface area contributed by atoms with Crippen molar-refractivity contribution in [3.05, 3.63) is 59.3 Å². The monoisotopic (exact) mass is 346 g/mol. The second-order valence-corrected chi connectivity index (χ2v) is 7.23. The summed E-state index contributed by atoms with van der Waals surface area (Å²) in [6.07, 6.45) is 0.743. The van der Waals surface area contributed by atoms with Crippen molar-refractivity contribution in [3.63, 3.8) is 0 Å². The van der Waals surface area contributed by atoms with Crippen LogP contribution >= 0.6 is 0 Å². The second-order valence-electron chi connectivity index (χ2n) is 7.23. The number of carbonyl (C=O) groups is 2. The molecule has 1 aliphatic heterocycles. The molecule has 6 nitrogen and oxygen atoms in total. The number of fused-ring (bicyclic) bond motifs is 3. The second kappa shape index (κ2) is 4.94. The maximum absolute atomic E-state index is 13.2. The molecule has 1 spiro atoms. The number of nitrogens with one attached hydrogen (secondary N) is 1. The fourth-order valence-electron chi connectivity index (χ4n) is 4.44. The predicted octanol–water partition coefficient (Wildman–Crippen LogP) is 2.13. The van der Waals surface area contributed by atoms with Crippen LogP contribution in [0.5, 0.6) is 0 Å². The number of para-hydroxylation sites is 1. The summed E-state index contributed by atoms with van der Waals surface area (Å²) >= 11 is 0. The quantitative estimate of drug-likeness (QED) is 0.761. The summed E-state index contributed by atoms with van der Waals surface area (Å²) < 4.78 is 0. The van der Waals surface area contributed by atoms with Crippen LogP contribution in [0.25, 0.3) is 10.9 Å². The average Bonchev–Trinajstić information content (AvgIpc) is 3.23. The molecule has 2 amide bonds. The number of hydrogen-bond acceptors (Lipinski definition) is 3. The van der Waals surface area contributed by atoms with E-state index in [9.17, 15) is 9.59 Å². The fourth-order valence-corrected chi connectivity index (χ4v) is 4.44. The molecular weight excluding hydrogens is 328 g/mol. The molecule has 0 saturated heterocycles. The number of anilines is 1. The van der Waals surface area contributed by atoms with Crippen LogP contribution < -0.4 is 10.6 Å². The SMILES string of the molecule is Cc1[nH]nc2cc(C3CC34C(=O)N(CC(N)=O)c3ccccc34)ccc12. The number of amides is 2. The van der Waals surface area contributed by atoms with Crippen molar-refractivity contribution in [2.45, 2.75) is 24.7 Å². The van der Waals surface area contributed by atoms with Gasteiger partial charge in [0, 0.05) is 22.7 Å². The lowest BCUT2D eigenvalue weighted by Gasteiger charge is -2.16. The first-order chi connectivity index (χ1) is 12.5. The fraction of sp³-hybridized carbons (Fsp3) is 0.250. The van der Waals surface area contributed by atoms with Gasteiger partial charge < -0.3 is 10.6 Å². The van der Waals surface area contributed by atoms with E-state index in [4.69, 9.17) is 5.73 Å². The van der Waals surface area contributed by atoms with E-state index in [-0.39, 0.29) is 18.4 Å². The molecule has 5 rings (SSSR count). The van der Waals surface area contributed by atoms with Gasteiger partial charge >= 0.3 is 0 Å². The molecule has 1 saturated carbocycles. The van der Waals surface area contributed by atoms with Gasteiger partial charge in [0.2, 0.25) is 11.8 Å². The Kier molecular flexibility index (Phi) is 2.88. The lowest BCUT2D eigenvalue weighted by molar-refractivity contribution is -0.123. The Balaban J connectivity index is 1.59. The summed E-state index contributed by atoms with van der Waals surface area (Å²) in [6.45, 7) is 1.91. The molecular formula is C20H18N4O2. The number of benzene rings is 2. The number of nitrogens with zero attached hydrogens (tertiary/aromatic N) is 2. The zero-order valence-electron chi connectivity index (χ0n) is 14.3. The Bertz CT molecular complexity index is 1090. The molecule has 2 aromatic carbocycles. The van der Waals surface area contributed by atoms with Crippen LogP contribution in [-0.4, -0.2) is 28.6 Å². The molecule has 2 atom stereocenters. The molecule has 3 N–H and O–H groups in total. The first kappa shape index (κ1) is 15.1. The lowest BCUT2D eigenvalue weighted by Crippen LogP contribution is -2.39. The highest BCUT2D eigenvalue weighted by atomic mass is 16.2. The van der Waals surface area contributed by atoms with Crippen LogP contribution in [0.1, 0.15) is 29.2 Å². The first-order valence-electron chi connectivity index (χ1n) is 8.67. The highest BCUT2D eigenvalue weighted by Gasteiger charge is 2.67. The minimum absolute atomic E-state index is 0.0270. The van der Waals surface area contributed by atoms with Gasteiger partial charge in [-0.3, -0.25) is 14.7 Å². The number of aromatic nitrogens is 2. The van der Waals surface area contributed by atoms with Gasteiger partial charge in [-0.05, 0) is 36.6 Å². The van der Waals surface area contributed by atoms with Gasteiger partial charge in [0.25, 0.3) is 0 Å². The van der Waals surface area contributed by atoms with Crippen LogP contribution in [0.4, 0.5) is 5.69 Å². The highest BCUT2D eigenvalue weighted by molar-refractivity contribution is 6.13. The molecule has 2 unspecified atom stereocenters. The van der Waals surface area contributed by atoms with E-state index >= 15 is 0 Å². The summed E-state index contributed by atoms with van der Waals surface area (Å²) in [5, 5.41) is 8.44. The molecule has 26 heavy (non-hydrogen) atoms. The van der Waals surface area contributed by atoms with Crippen LogP contribution in [0.3, 0.4) is 0 Å². The zero-order valence-corrected chi connectivity index (χ0v) is 14.3. The Labute approximate surface area is 150 Å². The van der Waals surface area contributed by atoms with Gasteiger partial charge in [0.15, 0.2) is 0 Å². The Hall–Kier alpha value is -3.15. The molecule has 2 heterocycles. The van der Waals surface area contributed by atoms with E-state index in [1.807, 2.05) is 31.2 Å². The minimum Gasteiger partial charge on any atom is -0.368 e. The molecule has 6 heteroatoms. The minimum atomic E-state index is -0.578. The van der Waals surface area contributed by atoms with Crippen molar-refractivity contribution in [3.8, 4) is 0 Å². The number of aryl methyl sites for hydroxylation is 1. The zero-order chi connectivity index (χ0) is 18.1. The normalized spacial score (nSPS) is 23.7. The van der Waals surface area contributed by atoms with Crippen molar-refractivity contribution in [2.24, 2.45) is 5.73 Å². The average molecular weight is 346 g/mol. The summed E-state index contributed by atoms with van der Waals surface area (Å²) in [5.41, 5.74) is 9.64. The largest absolute Gasteiger partial charge is 0.368 e. The maximum atomic E-state index is 13.2. The van der Waals surface area contributed by atoms with Gasteiger partial charge in [0.05, 0.1) is 10.9 Å². The van der Waals surface area contributed by atoms with Gasteiger partial charge in [-0.25, -0.2) is 0 Å². The number of primary amides is 1. The summed E-state index contributed by atoms with van der Waals surface area (Å²) in [6, 6.07) is 13.9. The van der Waals surface area contributed by atoms with Gasteiger partial charge in [-0.15, -0.1) is 0 Å². The predicted molar refractivity (Wildman–Crippen MR) is 97.9 cm³/mol. The summed E-state index contributed by atoms with van der Waals surface area (Å²) in [7, 11) is 0. The van der Waals surface area contributed by atoms with Crippen LogP contribution in [0.2, 0.25) is 0 Å². The molecule has 1 aliphatic carbocycles. The molecule has 130 valence electrons. The number of aromatic amines is 1. The van der Waals surface area contributed by atoms with E-state index in [1.54, 1.807) is 0 Å². The third-order valence-electron chi connectivity index (χ3n) is 5.75. The maximum Gasteiger partial charge on any atom is 0.238 e. The summed E-state index contributed by atoms with van der Waals surface area (Å²) in [4.78, 5) is 26.2. The third kappa shape index (κ3) is 1.84. The number of hydrogen-bond donors (Lipinski definition) is 2. The number of nitrogens with two attached hydrogens (primary N) is 1. The van der Waals surface area contributed by atoms with E-state index in [0.29, 0.717) is 0 Å². The van der Waals surface area contributed by atoms with Gasteiger partial charge in [-0.1, -0.05) is 30.3 Å². The van der Waals surface area contributed by atoms with E-state index in [2.05, 4.69) is 28.4 Å². The standard InChI is InChI=1S/C20H18N4O2/c1-11-13-7-6-12(8-16(13)23-22-11)15-9-20(15)14-4-2-3-5-17(14)24(19(20)26)10-18(21)25/h2-8,15H,9-10H2,1H3,(H2,21,25)(H,22,23). The van der Waals surface area contributed by atoms with Crippen LogP contribution in [0.15, 0.2) is 42.5 Å². The first-order valence-corrected chi connectivity index (χ1v) is 8.67. The van der Waals surface area contributed by atoms with E-state index in [0.717, 1.165) is 39.8 Å². The molecule has 3 aromatic rings. The molecule has 1 aromatic heterocycles. The topological polar surface area (TPSA) is 92.1 Å². The number of H-pyrrole nitrogens is 1. The Morgan fingerprint density at radius 2 is 2.15 bits per heavy atom. The highest BCUT2D eigenvalue weighted by Crippen LogP contribution is 2.66. The number of carbonyl (C=O) groups excluding carboxylic acids is 2. The van der Waals surface area contributed by atoms with Crippen LogP contribution in [0, 0.1) is 6.92 Å². The molecule has 1 fully saturated rings. The van der Waals surface area contributed by atoms with Crippen molar-refractivity contribution < 1.29 is 9.59 Å². The molecule has 0 bridgehead atoms. The van der Waals surface area contributed by atoms with Crippen molar-refractivity contribution in [1.82, 2.24) is 10.2 Å². The van der Waals surface area contributed by atoms with Gasteiger partial charge in [0.1, 0.15) is 6.54 Å².